The summed E-state index contributed by atoms with van der Waals surface area (Å²) in [7, 11) is -12.7. The molecule has 8 unspecified atom stereocenters. The Labute approximate surface area is 453 Å². The van der Waals surface area contributed by atoms with Gasteiger partial charge in [0.25, 0.3) is 56.3 Å². The summed E-state index contributed by atoms with van der Waals surface area (Å²) in [5, 5.41) is 44.7. The topological polar surface area (TPSA) is 372 Å². The number of allylic oxidation sites excluding steroid dienone is 4. The fraction of sp³-hybridized carbons (Fsp3) is 0.286. The predicted octanol–water partition coefficient (Wildman–Crippen LogP) is 1.83. The molecule has 444 valence electrons. The van der Waals surface area contributed by atoms with E-state index < -0.39 is 259 Å². The Balaban J connectivity index is 0.000000191. The molecule has 6 fully saturated rings. The molecule has 8 amide bonds. The minimum absolute atomic E-state index is 0.0923. The van der Waals surface area contributed by atoms with Gasteiger partial charge in [-0.25, -0.2) is 34.8 Å². The van der Waals surface area contributed by atoms with Crippen LogP contribution >= 0.6 is 10.7 Å². The molecule has 2 saturated carbocycles. The molecular formula is C42H21ClF12N4O21S3. The van der Waals surface area contributed by atoms with Gasteiger partial charge in [-0.2, -0.15) is 53.3 Å². The number of halogens is 13. The number of phenolic OH excluding ortho intramolecular Hbond substituents is 3. The maximum atomic E-state index is 14.3. The zero-order valence-corrected chi connectivity index (χ0v) is 42.1. The lowest BCUT2D eigenvalue weighted by Crippen LogP contribution is -2.50. The highest BCUT2D eigenvalue weighted by Gasteiger charge is 2.71. The number of hydrogen-bond donors (Lipinski definition) is 5. The van der Waals surface area contributed by atoms with Crippen LogP contribution in [-0.2, 0) is 76.2 Å². The number of nitrogens with zero attached hydrogens (tertiary/aromatic N) is 4. The van der Waals surface area contributed by atoms with Crippen LogP contribution in [0.2, 0.25) is 0 Å². The highest BCUT2D eigenvalue weighted by Crippen LogP contribution is 2.59. The average Bonchev–Trinajstić information content (AvgIpc) is 1.65. The van der Waals surface area contributed by atoms with E-state index in [1.54, 1.807) is 12.2 Å². The van der Waals surface area contributed by atoms with Crippen LogP contribution in [0.1, 0.15) is 0 Å². The van der Waals surface area contributed by atoms with E-state index >= 15 is 0 Å². The first-order chi connectivity index (χ1) is 38.3. The molecule has 6 aliphatic carbocycles. The Bertz CT molecular complexity index is 3650. The van der Waals surface area contributed by atoms with E-state index in [1.165, 1.54) is 0 Å². The van der Waals surface area contributed by atoms with Crippen molar-refractivity contribution in [3.8, 4) is 17.2 Å². The highest BCUT2D eigenvalue weighted by molar-refractivity contribution is 8.13. The van der Waals surface area contributed by atoms with E-state index in [0.29, 0.717) is 0 Å². The van der Waals surface area contributed by atoms with Gasteiger partial charge in [0, 0.05) is 34.4 Å². The van der Waals surface area contributed by atoms with Crippen molar-refractivity contribution in [2.75, 3.05) is 0 Å². The quantitative estimate of drug-likeness (QED) is 0.0562. The molecule has 4 aliphatic heterocycles. The predicted molar refractivity (Wildman–Crippen MR) is 225 cm³/mol. The van der Waals surface area contributed by atoms with Crippen LogP contribution in [0.3, 0.4) is 0 Å². The van der Waals surface area contributed by atoms with Gasteiger partial charge in [0.2, 0.25) is 34.9 Å². The molecule has 4 saturated heterocycles. The van der Waals surface area contributed by atoms with E-state index in [2.05, 4.69) is 19.3 Å². The molecule has 0 aromatic heterocycles. The van der Waals surface area contributed by atoms with Crippen LogP contribution in [0.4, 0.5) is 52.7 Å². The Morgan fingerprint density at radius 1 is 0.337 bits per heavy atom. The van der Waals surface area contributed by atoms with Gasteiger partial charge in [-0.05, 0) is 0 Å². The third kappa shape index (κ3) is 8.44. The molecule has 13 rings (SSSR count). The summed E-state index contributed by atoms with van der Waals surface area (Å²) in [6, 6.07) is 0. The minimum Gasteiger partial charge on any atom is -0.503 e. The first kappa shape index (κ1) is 59.8. The molecule has 3 aromatic rings. The number of hydroxylamine groups is 8. The molecule has 5 N–H and O–H groups in total. The van der Waals surface area contributed by atoms with Gasteiger partial charge in [0.05, 0.1) is 47.3 Å². The first-order valence-corrected chi connectivity index (χ1v) is 27.2. The average molecular weight is 1280 g/mol. The number of aromatic hydroxyl groups is 3. The molecule has 8 atom stereocenters. The smallest absolute Gasteiger partial charge is 0.324 e. The molecule has 0 spiro atoms. The summed E-state index contributed by atoms with van der Waals surface area (Å²) < 4.78 is 243. The largest absolute Gasteiger partial charge is 0.503 e. The number of benzene rings is 3. The summed E-state index contributed by atoms with van der Waals surface area (Å²) in [6.45, 7) is 0. The minimum atomic E-state index is -6.14. The molecule has 4 heterocycles. The zero-order valence-electron chi connectivity index (χ0n) is 38.9. The molecule has 10 aliphatic rings. The summed E-state index contributed by atoms with van der Waals surface area (Å²) in [5.74, 6) is -61.3. The summed E-state index contributed by atoms with van der Waals surface area (Å²) in [4.78, 5) is 93.8. The van der Waals surface area contributed by atoms with E-state index in [1.807, 2.05) is 0 Å². The summed E-state index contributed by atoms with van der Waals surface area (Å²) in [6.07, 6.45) is 5.41. The molecule has 4 bridgehead atoms. The van der Waals surface area contributed by atoms with Gasteiger partial charge in [-0.15, -0.1) is 18.7 Å². The molecule has 83 heavy (non-hydrogen) atoms. The molecule has 3 aromatic carbocycles. The SMILES string of the molecule is O=C1C2C3C=CC(C2C(=O)N1O)C1C(=O)N(O)C(=O)C31.O=C1C2C3C=CC(C2C(=O)N1OS(=O)(=O)c1c(F)c(F)c(O)c(F)c1F)C1C(=O)N(OS(=O)(=O)c2c(F)c(F)c(O)c(F)c2F)C(=O)C31.O=S(=O)(Cl)c1c(F)c(F)c(O)c(F)c1F. The summed E-state index contributed by atoms with van der Waals surface area (Å²) >= 11 is 0. The second kappa shape index (κ2) is 19.7. The number of amides is 8. The van der Waals surface area contributed by atoms with Crippen molar-refractivity contribution in [2.45, 2.75) is 14.7 Å². The normalized spacial score (nSPS) is 28.5. The maximum absolute atomic E-state index is 14.3. The van der Waals surface area contributed by atoms with Crippen LogP contribution in [0.25, 0.3) is 0 Å². The fourth-order valence-corrected chi connectivity index (χ4v) is 14.3. The van der Waals surface area contributed by atoms with Crippen molar-refractivity contribution in [1.29, 1.82) is 0 Å². The lowest BCUT2D eigenvalue weighted by molar-refractivity contribution is -0.174. The van der Waals surface area contributed by atoms with Gasteiger partial charge < -0.3 is 15.3 Å². The van der Waals surface area contributed by atoms with Crippen LogP contribution in [0.5, 0.6) is 17.2 Å². The molecular weight excluding hydrogens is 1260 g/mol. The van der Waals surface area contributed by atoms with Crippen molar-refractivity contribution in [1.82, 2.24) is 20.3 Å². The number of phenols is 3. The van der Waals surface area contributed by atoms with E-state index in [-0.39, 0.29) is 10.1 Å². The second-order valence-electron chi connectivity index (χ2n) is 18.5. The van der Waals surface area contributed by atoms with Crippen LogP contribution < -0.4 is 0 Å². The molecule has 0 radical (unpaired) electrons. The number of rotatable bonds is 7. The van der Waals surface area contributed by atoms with Gasteiger partial charge in [0.1, 0.15) is 0 Å². The molecule has 25 nitrogen and oxygen atoms in total. The van der Waals surface area contributed by atoms with Crippen LogP contribution in [0, 0.1) is 141 Å². The summed E-state index contributed by atoms with van der Waals surface area (Å²) in [5.41, 5.74) is 0. The number of imide groups is 4. The third-order valence-electron chi connectivity index (χ3n) is 14.6. The zero-order chi connectivity index (χ0) is 62.0. The number of hydrogen-bond acceptors (Lipinski definition) is 21. The van der Waals surface area contributed by atoms with Crippen molar-refractivity contribution < 1.29 is 151 Å². The Kier molecular flexibility index (Phi) is 14.2. The monoisotopic (exact) mass is 1280 g/mol. The van der Waals surface area contributed by atoms with E-state index in [0.717, 1.165) is 12.2 Å². The van der Waals surface area contributed by atoms with Gasteiger partial charge in [0.15, 0.2) is 66.8 Å². The van der Waals surface area contributed by atoms with E-state index in [4.69, 9.17) is 15.3 Å². The lowest BCUT2D eigenvalue weighted by atomic mass is 9.54. The van der Waals surface area contributed by atoms with Crippen LogP contribution in [-0.4, -0.2) is 118 Å². The maximum Gasteiger partial charge on any atom is 0.324 e. The van der Waals surface area contributed by atoms with Gasteiger partial charge >= 0.3 is 20.2 Å². The van der Waals surface area contributed by atoms with Crippen molar-refractivity contribution in [2.24, 2.45) is 71.0 Å². The van der Waals surface area contributed by atoms with Crippen molar-refractivity contribution >= 4 is 87.2 Å². The second-order valence-corrected chi connectivity index (χ2v) is 23.9. The Morgan fingerprint density at radius 2 is 0.518 bits per heavy atom. The number of carbonyl (C=O) groups is 8. The van der Waals surface area contributed by atoms with Gasteiger partial charge in [-0.3, -0.25) is 48.8 Å². The highest BCUT2D eigenvalue weighted by atomic mass is 35.7. The fourth-order valence-electron chi connectivity index (χ4n) is 11.2. The standard InChI is InChI=1S/C24H10F8N2O12S2.C12H10N2O6.C6HClF4O3S/c25-9-13(29)19(14(30)10(26)17(9)35)47(41,42)45-33-21(37)5-3-1-2-4(7(5)23(33)39)8-6(3)22(38)34(24(8)40)46-48(43,44)20-15(31)11(27)18(36)12(28)16(20)32;15-9-5-3-1-2-4(7(5)11(17)13(9)19)8-6(3)10(16)14(20)12(8)18;7-15(13,14)6-3(10)1(8)5(12)2(9)4(6)11/h1-8,35-36H;1-8,19-20H;12H. The first-order valence-electron chi connectivity index (χ1n) is 22.0. The van der Waals surface area contributed by atoms with Crippen molar-refractivity contribution in [3.05, 3.63) is 94.1 Å². The third-order valence-corrected chi connectivity index (χ3v) is 18.3. The Morgan fingerprint density at radius 3 is 0.711 bits per heavy atom. The Hall–Kier alpha value is -7.76. The van der Waals surface area contributed by atoms with Crippen molar-refractivity contribution in [3.63, 3.8) is 0 Å². The van der Waals surface area contributed by atoms with Crippen LogP contribution in [0.15, 0.2) is 39.0 Å². The lowest BCUT2D eigenvalue weighted by Gasteiger charge is -2.44. The molecule has 41 heteroatoms. The van der Waals surface area contributed by atoms with E-state index in [9.17, 15) is 127 Å². The number of carbonyl (C=O) groups excluding carboxylic acids is 8. The van der Waals surface area contributed by atoms with Gasteiger partial charge in [-0.1, -0.05) is 24.3 Å².